The molecule has 0 spiro atoms. The van der Waals surface area contributed by atoms with Crippen molar-refractivity contribution in [1.82, 2.24) is 10.3 Å². The molecule has 3 heteroatoms. The molecule has 0 unspecified atom stereocenters. The molecule has 1 N–H and O–H groups in total. The Morgan fingerprint density at radius 1 is 1.62 bits per heavy atom. The van der Waals surface area contributed by atoms with Crippen LogP contribution in [0.1, 0.15) is 25.0 Å². The fourth-order valence-electron chi connectivity index (χ4n) is 1.54. The van der Waals surface area contributed by atoms with E-state index in [1.165, 1.54) is 0 Å². The third-order valence-electron chi connectivity index (χ3n) is 2.43. The molecule has 3 nitrogen and oxygen atoms in total. The molecule has 2 rings (SSSR count). The van der Waals surface area contributed by atoms with Crippen LogP contribution in [0.4, 0.5) is 0 Å². The molecule has 1 fully saturated rings. The van der Waals surface area contributed by atoms with Crippen LogP contribution in [0.15, 0.2) is 10.6 Å². The zero-order valence-corrected chi connectivity index (χ0v) is 8.05. The third-order valence-corrected chi connectivity index (χ3v) is 2.43. The molecule has 0 saturated carbocycles. The summed E-state index contributed by atoms with van der Waals surface area (Å²) in [5.74, 6) is 2.69. The van der Waals surface area contributed by atoms with Gasteiger partial charge in [-0.15, -0.1) is 0 Å². The Kier molecular flexibility index (Phi) is 2.64. The molecular weight excluding hydrogens is 164 g/mol. The van der Waals surface area contributed by atoms with E-state index in [4.69, 9.17) is 4.42 Å². The Hall–Kier alpha value is -0.830. The summed E-state index contributed by atoms with van der Waals surface area (Å²) in [6.45, 7) is 4.38. The summed E-state index contributed by atoms with van der Waals surface area (Å²) in [4.78, 5) is 4.26. The fourth-order valence-corrected chi connectivity index (χ4v) is 1.54. The maximum atomic E-state index is 5.59. The van der Waals surface area contributed by atoms with Gasteiger partial charge in [0.25, 0.3) is 0 Å². The summed E-state index contributed by atoms with van der Waals surface area (Å²) < 4.78 is 5.59. The predicted octanol–water partition coefficient (Wildman–Crippen LogP) is 1.39. The highest BCUT2D eigenvalue weighted by molar-refractivity contribution is 4.96. The molecule has 1 aliphatic rings. The summed E-state index contributed by atoms with van der Waals surface area (Å²) >= 11 is 0. The van der Waals surface area contributed by atoms with Gasteiger partial charge in [-0.05, 0) is 25.4 Å². The second-order valence-corrected chi connectivity index (χ2v) is 3.70. The lowest BCUT2D eigenvalue weighted by molar-refractivity contribution is 0.313. The maximum absolute atomic E-state index is 5.59. The largest absolute Gasteiger partial charge is 0.446 e. The van der Waals surface area contributed by atoms with Crippen LogP contribution < -0.4 is 5.32 Å². The average molecular weight is 180 g/mol. The van der Waals surface area contributed by atoms with Gasteiger partial charge in [0.15, 0.2) is 5.89 Å². The van der Waals surface area contributed by atoms with E-state index in [1.807, 2.05) is 6.20 Å². The quantitative estimate of drug-likeness (QED) is 0.761. The molecule has 0 aliphatic carbocycles. The molecule has 0 radical (unpaired) electrons. The normalized spacial score (nSPS) is 17.3. The Bertz CT molecular complexity index is 266. The monoisotopic (exact) mass is 180 g/mol. The molecule has 72 valence electrons. The Balaban J connectivity index is 1.88. The van der Waals surface area contributed by atoms with Crippen LogP contribution in [-0.2, 0) is 12.8 Å². The number of rotatable bonds is 4. The molecule has 13 heavy (non-hydrogen) atoms. The first kappa shape index (κ1) is 8.75. The van der Waals surface area contributed by atoms with Gasteiger partial charge in [0.2, 0.25) is 0 Å². The van der Waals surface area contributed by atoms with E-state index in [9.17, 15) is 0 Å². The smallest absolute Gasteiger partial charge is 0.194 e. The molecule has 0 atom stereocenters. The third kappa shape index (κ3) is 2.10. The van der Waals surface area contributed by atoms with E-state index < -0.39 is 0 Å². The zero-order valence-electron chi connectivity index (χ0n) is 8.05. The van der Waals surface area contributed by atoms with E-state index in [2.05, 4.69) is 17.2 Å². The Labute approximate surface area is 78.5 Å². The lowest BCUT2D eigenvalue weighted by Crippen LogP contribution is -2.43. The van der Waals surface area contributed by atoms with E-state index in [0.717, 1.165) is 49.9 Å². The van der Waals surface area contributed by atoms with E-state index in [-0.39, 0.29) is 0 Å². The van der Waals surface area contributed by atoms with Gasteiger partial charge in [0.05, 0.1) is 6.20 Å². The minimum atomic E-state index is 0.744. The highest BCUT2D eigenvalue weighted by Crippen LogP contribution is 2.13. The topological polar surface area (TPSA) is 38.1 Å². The van der Waals surface area contributed by atoms with Crippen LogP contribution in [0.3, 0.4) is 0 Å². The molecule has 1 aromatic rings. The van der Waals surface area contributed by atoms with Crippen molar-refractivity contribution in [1.29, 1.82) is 0 Å². The van der Waals surface area contributed by atoms with Crippen molar-refractivity contribution in [2.75, 3.05) is 13.1 Å². The van der Waals surface area contributed by atoms with Crippen LogP contribution >= 0.6 is 0 Å². The SMILES string of the molecule is CCCc1cnc(CC2CNC2)o1. The number of hydrogen-bond donors (Lipinski definition) is 1. The minimum Gasteiger partial charge on any atom is -0.446 e. The average Bonchev–Trinajstić information content (AvgIpc) is 2.46. The van der Waals surface area contributed by atoms with Gasteiger partial charge in [0, 0.05) is 12.8 Å². The first-order valence-electron chi connectivity index (χ1n) is 5.02. The number of aryl methyl sites for hydroxylation is 1. The molecule has 0 bridgehead atoms. The lowest BCUT2D eigenvalue weighted by Gasteiger charge is -2.25. The van der Waals surface area contributed by atoms with Gasteiger partial charge >= 0.3 is 0 Å². The van der Waals surface area contributed by atoms with Gasteiger partial charge < -0.3 is 9.73 Å². The van der Waals surface area contributed by atoms with Crippen molar-refractivity contribution in [2.45, 2.75) is 26.2 Å². The number of hydrogen-bond acceptors (Lipinski definition) is 3. The van der Waals surface area contributed by atoms with E-state index in [1.54, 1.807) is 0 Å². The van der Waals surface area contributed by atoms with Gasteiger partial charge in [-0.25, -0.2) is 4.98 Å². The van der Waals surface area contributed by atoms with Crippen molar-refractivity contribution in [3.8, 4) is 0 Å². The second kappa shape index (κ2) is 3.92. The summed E-state index contributed by atoms with van der Waals surface area (Å²) in [6.07, 6.45) is 5.00. The fraction of sp³-hybridized carbons (Fsp3) is 0.700. The molecule has 0 amide bonds. The maximum Gasteiger partial charge on any atom is 0.194 e. The molecular formula is C10H16N2O. The van der Waals surface area contributed by atoms with Crippen LogP contribution in [0.2, 0.25) is 0 Å². The highest BCUT2D eigenvalue weighted by Gasteiger charge is 2.19. The second-order valence-electron chi connectivity index (χ2n) is 3.70. The van der Waals surface area contributed by atoms with Gasteiger partial charge in [-0.1, -0.05) is 6.92 Å². The van der Waals surface area contributed by atoms with Crippen molar-refractivity contribution >= 4 is 0 Å². The summed E-state index contributed by atoms with van der Waals surface area (Å²) in [5, 5.41) is 3.24. The molecule has 1 saturated heterocycles. The van der Waals surface area contributed by atoms with Crippen molar-refractivity contribution in [3.63, 3.8) is 0 Å². The van der Waals surface area contributed by atoms with Gasteiger partial charge in [-0.2, -0.15) is 0 Å². The van der Waals surface area contributed by atoms with Crippen LogP contribution in [0.25, 0.3) is 0 Å². The number of aromatic nitrogens is 1. The molecule has 1 aromatic heterocycles. The first-order valence-corrected chi connectivity index (χ1v) is 5.02. The number of oxazole rings is 1. The Morgan fingerprint density at radius 2 is 2.46 bits per heavy atom. The van der Waals surface area contributed by atoms with Crippen LogP contribution in [-0.4, -0.2) is 18.1 Å². The van der Waals surface area contributed by atoms with Crippen LogP contribution in [0.5, 0.6) is 0 Å². The Morgan fingerprint density at radius 3 is 3.08 bits per heavy atom. The predicted molar refractivity (Wildman–Crippen MR) is 50.6 cm³/mol. The first-order chi connectivity index (χ1) is 6.38. The summed E-state index contributed by atoms with van der Waals surface area (Å²) in [6, 6.07) is 0. The summed E-state index contributed by atoms with van der Waals surface area (Å²) in [7, 11) is 0. The zero-order chi connectivity index (χ0) is 9.10. The van der Waals surface area contributed by atoms with Crippen molar-refractivity contribution in [3.05, 3.63) is 17.8 Å². The van der Waals surface area contributed by atoms with Gasteiger partial charge in [0.1, 0.15) is 5.76 Å². The van der Waals surface area contributed by atoms with Gasteiger partial charge in [-0.3, -0.25) is 0 Å². The van der Waals surface area contributed by atoms with Crippen LogP contribution in [0, 0.1) is 5.92 Å². The molecule has 0 aromatic carbocycles. The lowest BCUT2D eigenvalue weighted by atomic mass is 10.00. The molecule has 2 heterocycles. The summed E-state index contributed by atoms with van der Waals surface area (Å²) in [5.41, 5.74) is 0. The molecule has 1 aliphatic heterocycles. The van der Waals surface area contributed by atoms with Crippen molar-refractivity contribution in [2.24, 2.45) is 5.92 Å². The van der Waals surface area contributed by atoms with Crippen molar-refractivity contribution < 1.29 is 4.42 Å². The highest BCUT2D eigenvalue weighted by atomic mass is 16.4. The van der Waals surface area contributed by atoms with E-state index >= 15 is 0 Å². The van der Waals surface area contributed by atoms with E-state index in [0.29, 0.717) is 0 Å². The standard InChI is InChI=1S/C10H16N2O/c1-2-3-9-7-12-10(13-9)4-8-5-11-6-8/h7-8,11H,2-6H2,1H3. The number of nitrogens with zero attached hydrogens (tertiary/aromatic N) is 1. The minimum absolute atomic E-state index is 0.744. The number of nitrogens with one attached hydrogen (secondary N) is 1.